The van der Waals surface area contributed by atoms with Crippen LogP contribution in [-0.2, 0) is 0 Å². The molecule has 2 fully saturated rings. The van der Waals surface area contributed by atoms with Crippen LogP contribution in [0, 0.1) is 0 Å². The van der Waals surface area contributed by atoms with E-state index >= 15 is 0 Å². The Morgan fingerprint density at radius 3 is 2.50 bits per heavy atom. The van der Waals surface area contributed by atoms with Gasteiger partial charge < -0.3 is 10.2 Å². The van der Waals surface area contributed by atoms with Crippen LogP contribution in [0.25, 0.3) is 0 Å². The predicted molar refractivity (Wildman–Crippen MR) is 42.1 cm³/mol. The molecule has 0 spiro atoms. The molecule has 2 rings (SSSR count). The highest BCUT2D eigenvalue weighted by atomic mass is 15.2. The molecule has 1 heterocycles. The fraction of sp³-hybridized carbons (Fsp3) is 1.00. The highest BCUT2D eigenvalue weighted by Crippen LogP contribution is 2.21. The molecule has 1 aliphatic heterocycles. The highest BCUT2D eigenvalue weighted by molar-refractivity contribution is 4.88. The molecule has 2 heteroatoms. The lowest BCUT2D eigenvalue weighted by Gasteiger charge is -2.10. The molecule has 1 saturated heterocycles. The highest BCUT2D eigenvalue weighted by Gasteiger charge is 2.27. The lowest BCUT2D eigenvalue weighted by Crippen LogP contribution is -2.32. The fourth-order valence-electron chi connectivity index (χ4n) is 1.65. The van der Waals surface area contributed by atoms with Gasteiger partial charge in [0.2, 0.25) is 0 Å². The third kappa shape index (κ3) is 1.50. The molecule has 0 amide bonds. The van der Waals surface area contributed by atoms with Crippen LogP contribution in [0.2, 0.25) is 0 Å². The summed E-state index contributed by atoms with van der Waals surface area (Å²) in [6.07, 6.45) is 4.19. The maximum absolute atomic E-state index is 3.64. The van der Waals surface area contributed by atoms with Crippen LogP contribution in [0.15, 0.2) is 0 Å². The van der Waals surface area contributed by atoms with Gasteiger partial charge in [-0.15, -0.1) is 0 Å². The molecule has 58 valence electrons. The smallest absolute Gasteiger partial charge is 0.0209 e. The second-order valence-electron chi connectivity index (χ2n) is 3.69. The van der Waals surface area contributed by atoms with Gasteiger partial charge in [0.25, 0.3) is 0 Å². The van der Waals surface area contributed by atoms with Gasteiger partial charge in [-0.3, -0.25) is 0 Å². The van der Waals surface area contributed by atoms with Crippen LogP contribution in [0.1, 0.15) is 19.3 Å². The predicted octanol–water partition coefficient (Wildman–Crippen LogP) is 0.442. The van der Waals surface area contributed by atoms with Crippen LogP contribution < -0.4 is 5.32 Å². The van der Waals surface area contributed by atoms with Crippen LogP contribution in [0.5, 0.6) is 0 Å². The van der Waals surface area contributed by atoms with Crippen molar-refractivity contribution in [3.05, 3.63) is 0 Å². The van der Waals surface area contributed by atoms with E-state index < -0.39 is 0 Å². The molecule has 1 aliphatic carbocycles. The van der Waals surface area contributed by atoms with Crippen molar-refractivity contribution < 1.29 is 0 Å². The zero-order valence-electron chi connectivity index (χ0n) is 6.64. The number of likely N-dealkylation sites (N-methyl/N-ethyl adjacent to an activating group) is 1. The summed E-state index contributed by atoms with van der Waals surface area (Å²) in [5.41, 5.74) is 0. The van der Waals surface area contributed by atoms with Crippen LogP contribution >= 0.6 is 0 Å². The summed E-state index contributed by atoms with van der Waals surface area (Å²) in [4.78, 5) is 2.40. The number of hydrogen-bond donors (Lipinski definition) is 1. The van der Waals surface area contributed by atoms with Gasteiger partial charge in [0.05, 0.1) is 0 Å². The Labute approximate surface area is 62.6 Å². The minimum absolute atomic E-state index is 0.803. The Balaban J connectivity index is 1.72. The number of likely N-dealkylation sites (tertiary alicyclic amines) is 1. The second kappa shape index (κ2) is 2.51. The van der Waals surface area contributed by atoms with Gasteiger partial charge in [0.15, 0.2) is 0 Å². The van der Waals surface area contributed by atoms with Crippen LogP contribution in [-0.4, -0.2) is 37.1 Å². The largest absolute Gasteiger partial charge is 0.310 e. The van der Waals surface area contributed by atoms with Crippen molar-refractivity contribution in [1.29, 1.82) is 0 Å². The first-order valence-corrected chi connectivity index (χ1v) is 4.29. The first-order valence-electron chi connectivity index (χ1n) is 4.29. The van der Waals surface area contributed by atoms with Crippen molar-refractivity contribution in [3.63, 3.8) is 0 Å². The van der Waals surface area contributed by atoms with Crippen molar-refractivity contribution in [3.8, 4) is 0 Å². The van der Waals surface area contributed by atoms with E-state index in [1.54, 1.807) is 0 Å². The average Bonchev–Trinajstić information content (AvgIpc) is 2.59. The van der Waals surface area contributed by atoms with Gasteiger partial charge in [-0.05, 0) is 32.9 Å². The maximum atomic E-state index is 3.64. The van der Waals surface area contributed by atoms with E-state index in [1.165, 1.54) is 32.4 Å². The Hall–Kier alpha value is -0.0800. The summed E-state index contributed by atoms with van der Waals surface area (Å²) in [5.74, 6) is 0. The van der Waals surface area contributed by atoms with Crippen molar-refractivity contribution >= 4 is 0 Å². The summed E-state index contributed by atoms with van der Waals surface area (Å²) < 4.78 is 0. The molecule has 0 aromatic carbocycles. The first-order chi connectivity index (χ1) is 4.84. The average molecular weight is 140 g/mol. The summed E-state index contributed by atoms with van der Waals surface area (Å²) >= 11 is 0. The fourth-order valence-corrected chi connectivity index (χ4v) is 1.65. The number of nitrogens with zero attached hydrogens (tertiary/aromatic N) is 1. The molecule has 1 atom stereocenters. The third-order valence-corrected chi connectivity index (χ3v) is 2.44. The molecule has 0 bridgehead atoms. The van der Waals surface area contributed by atoms with Gasteiger partial charge in [0.1, 0.15) is 0 Å². The normalized spacial score (nSPS) is 35.1. The lowest BCUT2D eigenvalue weighted by molar-refractivity contribution is 0.397. The number of nitrogens with one attached hydrogen (secondary N) is 1. The van der Waals surface area contributed by atoms with Crippen molar-refractivity contribution in [2.75, 3.05) is 20.1 Å². The van der Waals surface area contributed by atoms with E-state index in [4.69, 9.17) is 0 Å². The summed E-state index contributed by atoms with van der Waals surface area (Å²) in [5, 5.41) is 3.64. The van der Waals surface area contributed by atoms with Crippen molar-refractivity contribution in [1.82, 2.24) is 10.2 Å². The van der Waals surface area contributed by atoms with Gasteiger partial charge >= 0.3 is 0 Å². The monoisotopic (exact) mass is 140 g/mol. The molecule has 1 saturated carbocycles. The number of hydrogen-bond acceptors (Lipinski definition) is 2. The Kier molecular flexibility index (Phi) is 1.66. The molecule has 0 unspecified atom stereocenters. The summed E-state index contributed by atoms with van der Waals surface area (Å²) in [7, 11) is 2.20. The molecular formula is C8H16N2. The molecule has 0 aromatic heterocycles. The van der Waals surface area contributed by atoms with Gasteiger partial charge in [0, 0.05) is 18.6 Å². The minimum Gasteiger partial charge on any atom is -0.310 e. The summed E-state index contributed by atoms with van der Waals surface area (Å²) in [6.45, 7) is 2.54. The van der Waals surface area contributed by atoms with E-state index in [0.29, 0.717) is 0 Å². The molecule has 1 N–H and O–H groups in total. The van der Waals surface area contributed by atoms with Gasteiger partial charge in [-0.2, -0.15) is 0 Å². The molecule has 0 aromatic rings. The Morgan fingerprint density at radius 2 is 2.00 bits per heavy atom. The van der Waals surface area contributed by atoms with Gasteiger partial charge in [-0.1, -0.05) is 0 Å². The Morgan fingerprint density at radius 1 is 1.20 bits per heavy atom. The van der Waals surface area contributed by atoms with Crippen LogP contribution in [0.3, 0.4) is 0 Å². The molecule has 2 aliphatic rings. The number of rotatable bonds is 2. The van der Waals surface area contributed by atoms with E-state index in [9.17, 15) is 0 Å². The van der Waals surface area contributed by atoms with Gasteiger partial charge in [-0.25, -0.2) is 0 Å². The zero-order valence-corrected chi connectivity index (χ0v) is 6.64. The lowest BCUT2D eigenvalue weighted by atomic mass is 10.2. The quantitative estimate of drug-likeness (QED) is 0.599. The Bertz CT molecular complexity index is 120. The van der Waals surface area contributed by atoms with E-state index in [-0.39, 0.29) is 0 Å². The molecular weight excluding hydrogens is 124 g/mol. The zero-order chi connectivity index (χ0) is 6.97. The first kappa shape index (κ1) is 6.62. The molecule has 10 heavy (non-hydrogen) atoms. The standard InChI is InChI=1S/C8H16N2/c1-10-5-4-8(6-10)9-7-2-3-7/h7-9H,2-6H2,1H3/t8-/m1/s1. The summed E-state index contributed by atoms with van der Waals surface area (Å²) in [6, 6.07) is 1.69. The topological polar surface area (TPSA) is 15.3 Å². The molecule has 2 nitrogen and oxygen atoms in total. The minimum atomic E-state index is 0.803. The van der Waals surface area contributed by atoms with E-state index in [0.717, 1.165) is 12.1 Å². The van der Waals surface area contributed by atoms with E-state index in [2.05, 4.69) is 17.3 Å². The third-order valence-electron chi connectivity index (χ3n) is 2.44. The van der Waals surface area contributed by atoms with Crippen molar-refractivity contribution in [2.24, 2.45) is 0 Å². The SMILES string of the molecule is CN1CC[C@@H](NC2CC2)C1. The van der Waals surface area contributed by atoms with Crippen LogP contribution in [0.4, 0.5) is 0 Å². The van der Waals surface area contributed by atoms with E-state index in [1.807, 2.05) is 0 Å². The maximum Gasteiger partial charge on any atom is 0.0209 e. The molecule has 0 radical (unpaired) electrons. The van der Waals surface area contributed by atoms with Crippen molar-refractivity contribution in [2.45, 2.75) is 31.3 Å². The second-order valence-corrected chi connectivity index (χ2v) is 3.69.